The van der Waals surface area contributed by atoms with Crippen LogP contribution < -0.4 is 9.47 Å². The number of carbonyl (C=O) groups excluding carboxylic acids is 2. The minimum atomic E-state index is -0.444. The summed E-state index contributed by atoms with van der Waals surface area (Å²) in [6.07, 6.45) is 3.89. The first kappa shape index (κ1) is 24.7. The predicted octanol–water partition coefficient (Wildman–Crippen LogP) is 7.31. The van der Waals surface area contributed by atoms with Crippen molar-refractivity contribution in [3.8, 4) is 11.5 Å². The van der Waals surface area contributed by atoms with Crippen molar-refractivity contribution in [2.45, 2.75) is 51.0 Å². The van der Waals surface area contributed by atoms with E-state index in [0.29, 0.717) is 69.9 Å². The van der Waals surface area contributed by atoms with Crippen molar-refractivity contribution in [1.82, 2.24) is 0 Å². The average molecular weight is 625 g/mol. The highest BCUT2D eigenvalue weighted by Crippen LogP contribution is 2.49. The number of rotatable bonds is 5. The summed E-state index contributed by atoms with van der Waals surface area (Å²) in [7, 11) is 1.58. The van der Waals surface area contributed by atoms with Crippen LogP contribution in [0.4, 0.5) is 0 Å². The smallest absolute Gasteiger partial charge is 0.174 e. The molecule has 5 rings (SSSR count). The van der Waals surface area contributed by atoms with Gasteiger partial charge in [0.25, 0.3) is 0 Å². The van der Waals surface area contributed by atoms with E-state index < -0.39 is 5.92 Å². The van der Waals surface area contributed by atoms with Gasteiger partial charge in [0, 0.05) is 42.7 Å². The normalized spacial score (nSPS) is 18.3. The lowest BCUT2D eigenvalue weighted by Gasteiger charge is -2.36. The Bertz CT molecular complexity index is 1250. The molecule has 0 bridgehead atoms. The third-order valence-corrected chi connectivity index (χ3v) is 8.13. The van der Waals surface area contributed by atoms with E-state index >= 15 is 0 Å². The van der Waals surface area contributed by atoms with Crippen LogP contribution in [0.1, 0.15) is 55.6 Å². The molecule has 35 heavy (non-hydrogen) atoms. The van der Waals surface area contributed by atoms with Crippen molar-refractivity contribution >= 4 is 57.4 Å². The molecule has 2 aliphatic carbocycles. The quantitative estimate of drug-likeness (QED) is 0.326. The lowest BCUT2D eigenvalue weighted by molar-refractivity contribution is -0.117. The molecule has 0 unspecified atom stereocenters. The molecule has 0 saturated heterocycles. The van der Waals surface area contributed by atoms with Gasteiger partial charge in [0.05, 0.1) is 20.7 Å². The zero-order chi connectivity index (χ0) is 24.7. The fourth-order valence-corrected chi connectivity index (χ4v) is 6.08. The standard InChI is InChI=1S/C27H23Cl2IO5/c1-33-23-12-15(11-18(30)27(23)34-13-14-8-9-16(28)17(29)10-14)24-25-19(31)4-2-6-21(25)35-22-7-3-5-20(32)26(22)24/h8-12,24H,2-7,13H2,1H3. The molecule has 2 aromatic carbocycles. The molecule has 0 amide bonds. The maximum atomic E-state index is 13.1. The second kappa shape index (κ2) is 10.1. The lowest BCUT2D eigenvalue weighted by Crippen LogP contribution is -2.30. The Morgan fingerprint density at radius 3 is 2.20 bits per heavy atom. The topological polar surface area (TPSA) is 61.8 Å². The minimum Gasteiger partial charge on any atom is -0.493 e. The van der Waals surface area contributed by atoms with E-state index in [-0.39, 0.29) is 18.2 Å². The van der Waals surface area contributed by atoms with Crippen molar-refractivity contribution in [2.75, 3.05) is 7.11 Å². The molecule has 0 saturated carbocycles. The summed E-state index contributed by atoms with van der Waals surface area (Å²) >= 11 is 14.4. The Morgan fingerprint density at radius 2 is 1.60 bits per heavy atom. The predicted molar refractivity (Wildman–Crippen MR) is 142 cm³/mol. The largest absolute Gasteiger partial charge is 0.493 e. The molecule has 2 aromatic rings. The maximum Gasteiger partial charge on any atom is 0.174 e. The van der Waals surface area contributed by atoms with Crippen LogP contribution in [0.15, 0.2) is 53.0 Å². The molecular formula is C27H23Cl2IO5. The van der Waals surface area contributed by atoms with Crippen LogP contribution >= 0.6 is 45.8 Å². The van der Waals surface area contributed by atoms with Crippen LogP contribution in [0, 0.1) is 3.57 Å². The van der Waals surface area contributed by atoms with E-state index in [9.17, 15) is 9.59 Å². The van der Waals surface area contributed by atoms with Crippen LogP contribution in [0.5, 0.6) is 11.5 Å². The molecule has 182 valence electrons. The number of carbonyl (C=O) groups is 2. The molecule has 1 heterocycles. The first-order valence-corrected chi connectivity index (χ1v) is 13.3. The molecule has 0 atom stereocenters. The highest BCUT2D eigenvalue weighted by molar-refractivity contribution is 14.1. The summed E-state index contributed by atoms with van der Waals surface area (Å²) in [5.74, 6) is 2.21. The summed E-state index contributed by atoms with van der Waals surface area (Å²) in [5, 5.41) is 0.951. The van der Waals surface area contributed by atoms with Gasteiger partial charge in [-0.25, -0.2) is 0 Å². The van der Waals surface area contributed by atoms with Crippen molar-refractivity contribution < 1.29 is 23.8 Å². The van der Waals surface area contributed by atoms with Gasteiger partial charge in [-0.05, 0) is 70.8 Å². The number of methoxy groups -OCH3 is 1. The second-order valence-electron chi connectivity index (χ2n) is 8.83. The summed E-state index contributed by atoms with van der Waals surface area (Å²) in [6, 6.07) is 9.21. The van der Waals surface area contributed by atoms with Crippen molar-refractivity contribution in [3.05, 3.63) is 77.7 Å². The number of benzene rings is 2. The highest BCUT2D eigenvalue weighted by atomic mass is 127. The number of hydrogen-bond acceptors (Lipinski definition) is 5. The van der Waals surface area contributed by atoms with Gasteiger partial charge in [-0.2, -0.15) is 0 Å². The Kier molecular flexibility index (Phi) is 7.15. The number of halogens is 3. The summed E-state index contributed by atoms with van der Waals surface area (Å²) in [4.78, 5) is 26.1. The number of hydrogen-bond donors (Lipinski definition) is 0. The molecule has 0 radical (unpaired) electrons. The maximum absolute atomic E-state index is 13.1. The van der Waals surface area contributed by atoms with Crippen LogP contribution in [0.25, 0.3) is 0 Å². The SMILES string of the molecule is COc1cc(C2C3=C(CCCC3=O)OC3=C2C(=O)CCC3)cc(I)c1OCc1ccc(Cl)c(Cl)c1. The molecule has 8 heteroatoms. The van der Waals surface area contributed by atoms with E-state index in [4.69, 9.17) is 37.4 Å². The van der Waals surface area contributed by atoms with Crippen LogP contribution in [0.3, 0.4) is 0 Å². The van der Waals surface area contributed by atoms with Gasteiger partial charge in [-0.15, -0.1) is 0 Å². The van der Waals surface area contributed by atoms with E-state index in [1.807, 2.05) is 18.2 Å². The van der Waals surface area contributed by atoms with E-state index in [1.165, 1.54) is 0 Å². The first-order valence-electron chi connectivity index (χ1n) is 11.5. The lowest BCUT2D eigenvalue weighted by atomic mass is 9.73. The molecule has 0 aromatic heterocycles. The van der Waals surface area contributed by atoms with E-state index in [2.05, 4.69) is 22.6 Å². The molecule has 0 spiro atoms. The third kappa shape index (κ3) is 4.72. The third-order valence-electron chi connectivity index (χ3n) is 6.59. The second-order valence-corrected chi connectivity index (χ2v) is 10.8. The molecule has 1 aliphatic heterocycles. The number of allylic oxidation sites excluding steroid dienone is 4. The summed E-state index contributed by atoms with van der Waals surface area (Å²) in [6.45, 7) is 0.279. The number of Topliss-reactive ketones (excluding diaryl/α,β-unsaturated/α-hetero) is 2. The van der Waals surface area contributed by atoms with Gasteiger partial charge in [-0.3, -0.25) is 9.59 Å². The Labute approximate surface area is 227 Å². The fraction of sp³-hybridized carbons (Fsp3) is 0.333. The van der Waals surface area contributed by atoms with Crippen molar-refractivity contribution in [1.29, 1.82) is 0 Å². The first-order chi connectivity index (χ1) is 16.9. The number of ether oxygens (including phenoxy) is 3. The van der Waals surface area contributed by atoms with Gasteiger partial charge in [-0.1, -0.05) is 29.3 Å². The number of ketones is 2. The zero-order valence-corrected chi connectivity index (χ0v) is 22.8. The van der Waals surface area contributed by atoms with Crippen molar-refractivity contribution in [2.24, 2.45) is 0 Å². The fourth-order valence-electron chi connectivity index (χ4n) is 4.98. The van der Waals surface area contributed by atoms with Crippen molar-refractivity contribution in [3.63, 3.8) is 0 Å². The Hall–Kier alpha value is -2.03. The summed E-state index contributed by atoms with van der Waals surface area (Å²) < 4.78 is 18.8. The molecule has 3 aliphatic rings. The van der Waals surface area contributed by atoms with Gasteiger partial charge < -0.3 is 14.2 Å². The molecular weight excluding hydrogens is 602 g/mol. The molecule has 5 nitrogen and oxygen atoms in total. The monoisotopic (exact) mass is 624 g/mol. The van der Waals surface area contributed by atoms with E-state index in [0.717, 1.165) is 27.5 Å². The van der Waals surface area contributed by atoms with Gasteiger partial charge in [0.2, 0.25) is 0 Å². The van der Waals surface area contributed by atoms with Gasteiger partial charge in [0.1, 0.15) is 18.1 Å². The minimum absolute atomic E-state index is 0.0510. The molecule has 0 N–H and O–H groups in total. The summed E-state index contributed by atoms with van der Waals surface area (Å²) in [5.41, 5.74) is 2.94. The average Bonchev–Trinajstić information content (AvgIpc) is 2.84. The van der Waals surface area contributed by atoms with Crippen LogP contribution in [-0.2, 0) is 20.9 Å². The zero-order valence-electron chi connectivity index (χ0n) is 19.1. The Balaban J connectivity index is 1.54. The Morgan fingerprint density at radius 1 is 0.943 bits per heavy atom. The van der Waals surface area contributed by atoms with Gasteiger partial charge >= 0.3 is 0 Å². The van der Waals surface area contributed by atoms with E-state index in [1.54, 1.807) is 19.2 Å². The van der Waals surface area contributed by atoms with Crippen LogP contribution in [0.2, 0.25) is 10.0 Å². The molecule has 0 fully saturated rings. The van der Waals surface area contributed by atoms with Gasteiger partial charge in [0.15, 0.2) is 23.1 Å². The van der Waals surface area contributed by atoms with Crippen LogP contribution in [-0.4, -0.2) is 18.7 Å². The highest BCUT2D eigenvalue weighted by Gasteiger charge is 2.42.